The molecule has 0 amide bonds. The van der Waals surface area contributed by atoms with Crippen LogP contribution in [0.3, 0.4) is 0 Å². The Morgan fingerprint density at radius 1 is 0.413 bits per heavy atom. The molecule has 0 unspecified atom stereocenters. The summed E-state index contributed by atoms with van der Waals surface area (Å²) in [6.07, 6.45) is 4.35. The first kappa shape index (κ1) is 44.3. The first-order valence-electron chi connectivity index (χ1n) is 26.0. The highest BCUT2D eigenvalue weighted by atomic mass is 15.2. The summed E-state index contributed by atoms with van der Waals surface area (Å²) in [5.74, 6) is 0. The lowest BCUT2D eigenvalue weighted by Gasteiger charge is -2.28. The quantitative estimate of drug-likeness (QED) is 0.127. The number of hydrogen-bond acceptors (Lipinski definition) is 2. The van der Waals surface area contributed by atoms with Crippen molar-refractivity contribution in [1.82, 2.24) is 8.80 Å². The van der Waals surface area contributed by atoms with Gasteiger partial charge in [0, 0.05) is 88.4 Å². The predicted molar refractivity (Wildman–Crippen MR) is 322 cm³/mol. The maximum absolute atomic E-state index is 4.76. The van der Waals surface area contributed by atoms with Crippen molar-refractivity contribution in [2.75, 3.05) is 9.80 Å². The minimum atomic E-state index is 0.928. The van der Waals surface area contributed by atoms with Gasteiger partial charge in [0.25, 0.3) is 0 Å². The van der Waals surface area contributed by atoms with Gasteiger partial charge < -0.3 is 18.6 Å². The van der Waals surface area contributed by atoms with Gasteiger partial charge in [0.15, 0.2) is 0 Å². The minimum absolute atomic E-state index is 0.928. The van der Waals surface area contributed by atoms with Crippen LogP contribution in [0.25, 0.3) is 98.4 Å². The standard InChI is InChI=1S/C71H54N4/c1-44(2)33-35-46(4)48(6)72(51-25-15-9-16-26-51)53-37-39-55-57-29-19-31-59-66-65(50-23-13-8-14-24-50)71-67(64(49-21-11-7-12-22-49)70(66)74(68(57)59)62(55)42-53)60-32-20-30-58-56-40-38-54(43-63(56)75(71)69(58)60)73(52-27-17-10-18-28-52)61-41-45(3)34-36-47(61)5/h7-43H,6H2,1-5H3/b46-35-. The van der Waals surface area contributed by atoms with E-state index in [0.29, 0.717) is 0 Å². The van der Waals surface area contributed by atoms with Gasteiger partial charge in [-0.3, -0.25) is 0 Å². The minimum Gasteiger partial charge on any atom is -0.311 e. The molecule has 0 bridgehead atoms. The van der Waals surface area contributed by atoms with E-state index < -0.39 is 0 Å². The summed E-state index contributed by atoms with van der Waals surface area (Å²) in [6, 6.07) is 78.6. The predicted octanol–water partition coefficient (Wildman–Crippen LogP) is 20.0. The van der Waals surface area contributed by atoms with Crippen LogP contribution in [-0.4, -0.2) is 8.80 Å². The van der Waals surface area contributed by atoms with Gasteiger partial charge in [-0.05, 0) is 117 Å². The van der Waals surface area contributed by atoms with E-state index in [1.807, 2.05) is 0 Å². The highest BCUT2D eigenvalue weighted by molar-refractivity contribution is 6.38. The largest absolute Gasteiger partial charge is 0.311 e. The fourth-order valence-corrected chi connectivity index (χ4v) is 12.3. The van der Waals surface area contributed by atoms with Crippen molar-refractivity contribution >= 4 is 105 Å². The average Bonchev–Trinajstić information content (AvgIpc) is 4.23. The zero-order valence-electron chi connectivity index (χ0n) is 42.9. The molecule has 0 saturated heterocycles. The number of benzene rings is 10. The number of para-hydroxylation sites is 4. The summed E-state index contributed by atoms with van der Waals surface area (Å²) in [5, 5.41) is 9.90. The molecule has 0 spiro atoms. The van der Waals surface area contributed by atoms with Gasteiger partial charge in [-0.1, -0.05) is 182 Å². The SMILES string of the molecule is C=C(/C(C)=C\C=C(C)C)N(c1ccccc1)c1ccc2c3cccc4c5c(-c6ccccc6)c6c(c(-c7ccccc7)c5n(c2c1)c34)c1cccc2c3ccc(N(c4ccccc4)c4cc(C)ccc4C)cc3n6c21. The van der Waals surface area contributed by atoms with Gasteiger partial charge in [-0.15, -0.1) is 0 Å². The molecule has 4 heteroatoms. The van der Waals surface area contributed by atoms with Crippen LogP contribution in [0.2, 0.25) is 0 Å². The summed E-state index contributed by atoms with van der Waals surface area (Å²) in [7, 11) is 0. The second-order valence-electron chi connectivity index (χ2n) is 20.6. The molecule has 14 aromatic rings. The van der Waals surface area contributed by atoms with E-state index >= 15 is 0 Å². The molecule has 0 atom stereocenters. The van der Waals surface area contributed by atoms with Crippen molar-refractivity contribution in [3.63, 3.8) is 0 Å². The molecule has 0 aliphatic carbocycles. The number of fused-ring (bicyclic) bond motifs is 12. The van der Waals surface area contributed by atoms with Crippen LogP contribution in [0, 0.1) is 13.8 Å². The molecule has 358 valence electrons. The molecule has 0 fully saturated rings. The first-order chi connectivity index (χ1) is 36.7. The summed E-state index contributed by atoms with van der Waals surface area (Å²) in [4.78, 5) is 4.75. The summed E-state index contributed by atoms with van der Waals surface area (Å²) < 4.78 is 5.23. The van der Waals surface area contributed by atoms with Crippen LogP contribution in [-0.2, 0) is 0 Å². The van der Waals surface area contributed by atoms with Gasteiger partial charge in [0.1, 0.15) is 0 Å². The monoisotopic (exact) mass is 962 g/mol. The lowest BCUT2D eigenvalue weighted by molar-refractivity contribution is 1.17. The molecule has 10 aromatic carbocycles. The van der Waals surface area contributed by atoms with E-state index in [1.54, 1.807) is 0 Å². The first-order valence-corrected chi connectivity index (χ1v) is 26.0. The molecule has 4 heterocycles. The molecule has 0 aliphatic rings. The fraction of sp³-hybridized carbons (Fsp3) is 0.0704. The Morgan fingerprint density at radius 3 is 1.43 bits per heavy atom. The smallest absolute Gasteiger partial charge is 0.0634 e. The Labute approximate surface area is 436 Å². The lowest BCUT2D eigenvalue weighted by Crippen LogP contribution is -2.16. The van der Waals surface area contributed by atoms with Gasteiger partial charge in [0.05, 0.1) is 33.1 Å². The highest BCUT2D eigenvalue weighted by Gasteiger charge is 2.31. The second kappa shape index (κ2) is 17.1. The molecule has 0 aliphatic heterocycles. The third-order valence-electron chi connectivity index (χ3n) is 15.6. The lowest BCUT2D eigenvalue weighted by atomic mass is 9.89. The van der Waals surface area contributed by atoms with E-state index in [-0.39, 0.29) is 0 Å². The van der Waals surface area contributed by atoms with E-state index in [4.69, 9.17) is 6.58 Å². The van der Waals surface area contributed by atoms with E-state index in [2.05, 4.69) is 278 Å². The number of hydrogen-bond donors (Lipinski definition) is 0. The highest BCUT2D eigenvalue weighted by Crippen LogP contribution is 2.55. The van der Waals surface area contributed by atoms with E-state index in [0.717, 1.165) is 39.5 Å². The number of anilines is 5. The Morgan fingerprint density at radius 2 is 0.893 bits per heavy atom. The third kappa shape index (κ3) is 6.69. The topological polar surface area (TPSA) is 15.3 Å². The third-order valence-corrected chi connectivity index (χ3v) is 15.6. The van der Waals surface area contributed by atoms with Crippen LogP contribution in [0.5, 0.6) is 0 Å². The van der Waals surface area contributed by atoms with Crippen LogP contribution in [0.4, 0.5) is 28.4 Å². The molecule has 14 rings (SSSR count). The van der Waals surface area contributed by atoms with Gasteiger partial charge >= 0.3 is 0 Å². The maximum atomic E-state index is 4.76. The van der Waals surface area contributed by atoms with Crippen LogP contribution < -0.4 is 9.80 Å². The van der Waals surface area contributed by atoms with E-state index in [9.17, 15) is 0 Å². The summed E-state index contributed by atoms with van der Waals surface area (Å²) in [6.45, 7) is 15.6. The van der Waals surface area contributed by atoms with Crippen LogP contribution in [0.15, 0.2) is 248 Å². The Kier molecular flexibility index (Phi) is 10.1. The molecule has 0 saturated carbocycles. The van der Waals surface area contributed by atoms with Crippen LogP contribution >= 0.6 is 0 Å². The molecular weight excluding hydrogens is 909 g/mol. The van der Waals surface area contributed by atoms with Crippen molar-refractivity contribution in [3.05, 3.63) is 259 Å². The normalized spacial score (nSPS) is 12.2. The van der Waals surface area contributed by atoms with Crippen molar-refractivity contribution in [3.8, 4) is 22.3 Å². The number of aryl methyl sites for hydroxylation is 2. The van der Waals surface area contributed by atoms with Crippen molar-refractivity contribution < 1.29 is 0 Å². The summed E-state index contributed by atoms with van der Waals surface area (Å²) >= 11 is 0. The molecule has 0 N–H and O–H groups in total. The van der Waals surface area contributed by atoms with Crippen molar-refractivity contribution in [2.45, 2.75) is 34.6 Å². The molecule has 75 heavy (non-hydrogen) atoms. The van der Waals surface area contributed by atoms with Gasteiger partial charge in [-0.2, -0.15) is 0 Å². The molecule has 0 radical (unpaired) electrons. The molecule has 4 aromatic heterocycles. The molecule has 4 nitrogen and oxygen atoms in total. The second-order valence-corrected chi connectivity index (χ2v) is 20.6. The number of rotatable bonds is 10. The Bertz CT molecular complexity index is 4630. The number of allylic oxidation sites excluding steroid dienone is 4. The van der Waals surface area contributed by atoms with Crippen LogP contribution in [0.1, 0.15) is 31.9 Å². The fourth-order valence-electron chi connectivity index (χ4n) is 12.3. The van der Waals surface area contributed by atoms with E-state index in [1.165, 1.54) is 115 Å². The van der Waals surface area contributed by atoms with Crippen molar-refractivity contribution in [1.29, 1.82) is 0 Å². The Hall–Kier alpha value is -9.38. The molecular formula is C71H54N4. The zero-order valence-corrected chi connectivity index (χ0v) is 42.9. The maximum Gasteiger partial charge on any atom is 0.0634 e. The number of aromatic nitrogens is 2. The summed E-state index contributed by atoms with van der Waals surface area (Å²) in [5.41, 5.74) is 23.3. The Balaban J connectivity index is 1.16. The number of nitrogens with zero attached hydrogens (tertiary/aromatic N) is 4. The van der Waals surface area contributed by atoms with Gasteiger partial charge in [0.2, 0.25) is 0 Å². The zero-order chi connectivity index (χ0) is 50.6. The van der Waals surface area contributed by atoms with Crippen molar-refractivity contribution in [2.24, 2.45) is 0 Å². The average molecular weight is 963 g/mol. The van der Waals surface area contributed by atoms with Gasteiger partial charge in [-0.25, -0.2) is 0 Å².